The van der Waals surface area contributed by atoms with Crippen molar-refractivity contribution in [3.05, 3.63) is 59.2 Å². The van der Waals surface area contributed by atoms with Gasteiger partial charge in [-0.2, -0.15) is 0 Å². The number of amides is 1. The predicted molar refractivity (Wildman–Crippen MR) is 117 cm³/mol. The molecule has 1 heterocycles. The SMILES string of the molecule is CCOC(=O)c1ccc(C(C(N)=O)C(C)c2cc(O)ccc2N2CCCCC2)cc1. The van der Waals surface area contributed by atoms with Crippen LogP contribution in [-0.4, -0.2) is 36.7 Å². The number of carbonyl (C=O) groups is 2. The van der Waals surface area contributed by atoms with Gasteiger partial charge >= 0.3 is 5.97 Å². The molecule has 0 spiro atoms. The minimum absolute atomic E-state index is 0.165. The van der Waals surface area contributed by atoms with Gasteiger partial charge in [0.15, 0.2) is 0 Å². The molecule has 6 nitrogen and oxygen atoms in total. The van der Waals surface area contributed by atoms with E-state index in [-0.39, 0.29) is 11.7 Å². The molecular formula is C24H30N2O4. The van der Waals surface area contributed by atoms with Crippen molar-refractivity contribution in [3.63, 3.8) is 0 Å². The molecule has 160 valence electrons. The van der Waals surface area contributed by atoms with Crippen LogP contribution in [0.5, 0.6) is 5.75 Å². The molecular weight excluding hydrogens is 380 g/mol. The first-order valence-corrected chi connectivity index (χ1v) is 10.6. The highest BCUT2D eigenvalue weighted by Crippen LogP contribution is 2.40. The van der Waals surface area contributed by atoms with Crippen molar-refractivity contribution in [2.75, 3.05) is 24.6 Å². The highest BCUT2D eigenvalue weighted by Gasteiger charge is 2.29. The van der Waals surface area contributed by atoms with Crippen LogP contribution in [0.1, 0.15) is 66.4 Å². The lowest BCUT2D eigenvalue weighted by atomic mass is 9.81. The number of phenols is 1. The first-order chi connectivity index (χ1) is 14.4. The number of hydrogen-bond donors (Lipinski definition) is 2. The van der Waals surface area contributed by atoms with Gasteiger partial charge in [-0.1, -0.05) is 19.1 Å². The number of piperidine rings is 1. The van der Waals surface area contributed by atoms with Gasteiger partial charge in [0, 0.05) is 18.8 Å². The molecule has 0 saturated carbocycles. The summed E-state index contributed by atoms with van der Waals surface area (Å²) < 4.78 is 5.02. The minimum Gasteiger partial charge on any atom is -0.508 e. The van der Waals surface area contributed by atoms with Crippen LogP contribution in [0, 0.1) is 0 Å². The molecule has 2 aromatic rings. The van der Waals surface area contributed by atoms with Crippen molar-refractivity contribution in [1.29, 1.82) is 0 Å². The number of esters is 1. The number of primary amides is 1. The fourth-order valence-corrected chi connectivity index (χ4v) is 4.25. The van der Waals surface area contributed by atoms with E-state index in [1.54, 1.807) is 43.3 Å². The number of nitrogens with two attached hydrogens (primary N) is 1. The number of ether oxygens (including phenoxy) is 1. The fourth-order valence-electron chi connectivity index (χ4n) is 4.25. The third-order valence-corrected chi connectivity index (χ3v) is 5.79. The van der Waals surface area contributed by atoms with Crippen LogP contribution < -0.4 is 10.6 Å². The topological polar surface area (TPSA) is 92.9 Å². The van der Waals surface area contributed by atoms with Gasteiger partial charge < -0.3 is 20.5 Å². The highest BCUT2D eigenvalue weighted by atomic mass is 16.5. The van der Waals surface area contributed by atoms with Gasteiger partial charge in [-0.3, -0.25) is 4.79 Å². The summed E-state index contributed by atoms with van der Waals surface area (Å²) in [5, 5.41) is 10.1. The maximum absolute atomic E-state index is 12.5. The molecule has 1 saturated heterocycles. The van der Waals surface area contributed by atoms with Gasteiger partial charge in [-0.05, 0) is 73.6 Å². The number of benzene rings is 2. The number of aromatic hydroxyl groups is 1. The summed E-state index contributed by atoms with van der Waals surface area (Å²) >= 11 is 0. The Morgan fingerprint density at radius 2 is 1.77 bits per heavy atom. The Morgan fingerprint density at radius 1 is 1.10 bits per heavy atom. The largest absolute Gasteiger partial charge is 0.508 e. The first kappa shape index (κ1) is 21.7. The minimum atomic E-state index is -0.591. The van der Waals surface area contributed by atoms with Gasteiger partial charge in [0.1, 0.15) is 5.75 Å². The van der Waals surface area contributed by atoms with Gasteiger partial charge in [0.05, 0.1) is 18.1 Å². The Kier molecular flexibility index (Phi) is 6.98. The van der Waals surface area contributed by atoms with E-state index in [4.69, 9.17) is 10.5 Å². The Labute approximate surface area is 177 Å². The summed E-state index contributed by atoms with van der Waals surface area (Å²) in [6.45, 7) is 5.93. The van der Waals surface area contributed by atoms with E-state index in [9.17, 15) is 14.7 Å². The third kappa shape index (κ3) is 4.75. The number of hydrogen-bond acceptors (Lipinski definition) is 5. The number of carbonyl (C=O) groups excluding carboxylic acids is 2. The van der Waals surface area contributed by atoms with Crippen LogP contribution in [-0.2, 0) is 9.53 Å². The van der Waals surface area contributed by atoms with Crippen molar-refractivity contribution in [2.24, 2.45) is 5.73 Å². The number of rotatable bonds is 7. The third-order valence-electron chi connectivity index (χ3n) is 5.79. The molecule has 0 bridgehead atoms. The lowest BCUT2D eigenvalue weighted by molar-refractivity contribution is -0.119. The molecule has 0 radical (unpaired) electrons. The summed E-state index contributed by atoms with van der Waals surface area (Å²) in [5.41, 5.74) is 8.91. The smallest absolute Gasteiger partial charge is 0.338 e. The molecule has 2 unspecified atom stereocenters. The van der Waals surface area contributed by atoms with E-state index >= 15 is 0 Å². The van der Waals surface area contributed by atoms with E-state index in [0.29, 0.717) is 12.2 Å². The van der Waals surface area contributed by atoms with Gasteiger partial charge in [0.2, 0.25) is 5.91 Å². The zero-order valence-corrected chi connectivity index (χ0v) is 17.6. The molecule has 2 atom stereocenters. The van der Waals surface area contributed by atoms with Gasteiger partial charge in [-0.25, -0.2) is 4.79 Å². The second-order valence-corrected chi connectivity index (χ2v) is 7.80. The van der Waals surface area contributed by atoms with Crippen LogP contribution in [0.3, 0.4) is 0 Å². The van der Waals surface area contributed by atoms with Crippen LogP contribution >= 0.6 is 0 Å². The quantitative estimate of drug-likeness (QED) is 0.675. The summed E-state index contributed by atoms with van der Waals surface area (Å²) in [6, 6.07) is 12.2. The van der Waals surface area contributed by atoms with Crippen LogP contribution in [0.4, 0.5) is 5.69 Å². The van der Waals surface area contributed by atoms with Gasteiger partial charge in [0.25, 0.3) is 0 Å². The summed E-state index contributed by atoms with van der Waals surface area (Å²) in [5.74, 6) is -1.52. The molecule has 0 aromatic heterocycles. The maximum atomic E-state index is 12.5. The van der Waals surface area contributed by atoms with E-state index in [0.717, 1.165) is 42.7 Å². The Bertz CT molecular complexity index is 889. The van der Waals surface area contributed by atoms with Crippen molar-refractivity contribution in [1.82, 2.24) is 0 Å². The van der Waals surface area contributed by atoms with Gasteiger partial charge in [-0.15, -0.1) is 0 Å². The Morgan fingerprint density at radius 3 is 2.37 bits per heavy atom. The van der Waals surface area contributed by atoms with E-state index in [1.807, 2.05) is 13.0 Å². The number of phenolic OH excluding ortho intramolecular Hbond substituents is 1. The molecule has 0 aliphatic carbocycles. The van der Waals surface area contributed by atoms with Crippen molar-refractivity contribution >= 4 is 17.6 Å². The standard InChI is InChI=1S/C24H30N2O4/c1-3-30-24(29)18-9-7-17(8-10-18)22(23(25)28)16(2)20-15-19(27)11-12-21(20)26-13-5-4-6-14-26/h7-12,15-16,22,27H,3-6,13-14H2,1-2H3,(H2,25,28). The number of nitrogens with zero attached hydrogens (tertiary/aromatic N) is 1. The van der Waals surface area contributed by atoms with Crippen LogP contribution in [0.25, 0.3) is 0 Å². The molecule has 1 aliphatic rings. The molecule has 6 heteroatoms. The fraction of sp³-hybridized carbons (Fsp3) is 0.417. The number of anilines is 1. The molecule has 2 aromatic carbocycles. The highest BCUT2D eigenvalue weighted by molar-refractivity contribution is 5.90. The molecule has 30 heavy (non-hydrogen) atoms. The molecule has 1 fully saturated rings. The van der Waals surface area contributed by atoms with Crippen LogP contribution in [0.2, 0.25) is 0 Å². The van der Waals surface area contributed by atoms with E-state index in [2.05, 4.69) is 4.90 Å². The zero-order valence-electron chi connectivity index (χ0n) is 17.6. The normalized spacial score (nSPS) is 16.0. The first-order valence-electron chi connectivity index (χ1n) is 10.6. The lowest BCUT2D eigenvalue weighted by Gasteiger charge is -2.33. The maximum Gasteiger partial charge on any atom is 0.338 e. The summed E-state index contributed by atoms with van der Waals surface area (Å²) in [7, 11) is 0. The second-order valence-electron chi connectivity index (χ2n) is 7.80. The van der Waals surface area contributed by atoms with Crippen molar-refractivity contribution < 1.29 is 19.4 Å². The predicted octanol–water partition coefficient (Wildman–Crippen LogP) is 3.93. The second kappa shape index (κ2) is 9.65. The summed E-state index contributed by atoms with van der Waals surface area (Å²) in [6.07, 6.45) is 3.47. The molecule has 1 aliphatic heterocycles. The van der Waals surface area contributed by atoms with Crippen LogP contribution in [0.15, 0.2) is 42.5 Å². The summed E-state index contributed by atoms with van der Waals surface area (Å²) in [4.78, 5) is 26.7. The molecule has 3 N–H and O–H groups in total. The molecule has 1 amide bonds. The zero-order chi connectivity index (χ0) is 21.7. The average molecular weight is 411 g/mol. The van der Waals surface area contributed by atoms with Crippen molar-refractivity contribution in [2.45, 2.75) is 44.9 Å². The Hall–Kier alpha value is -3.02. The average Bonchev–Trinajstić information content (AvgIpc) is 2.75. The monoisotopic (exact) mass is 410 g/mol. The Balaban J connectivity index is 1.94. The van der Waals surface area contributed by atoms with E-state index < -0.39 is 17.8 Å². The lowest BCUT2D eigenvalue weighted by Crippen LogP contribution is -2.32. The molecule has 3 rings (SSSR count). The van der Waals surface area contributed by atoms with Crippen molar-refractivity contribution in [3.8, 4) is 5.75 Å². The van der Waals surface area contributed by atoms with E-state index in [1.165, 1.54) is 6.42 Å².